The molecule has 0 bridgehead atoms. The Morgan fingerprint density at radius 1 is 1.28 bits per heavy atom. The summed E-state index contributed by atoms with van der Waals surface area (Å²) in [6.45, 7) is 0.310. The van der Waals surface area contributed by atoms with Crippen molar-refractivity contribution < 1.29 is 12.8 Å². The second-order valence-electron chi connectivity index (χ2n) is 5.73. The number of sulfonamides is 1. The lowest BCUT2D eigenvalue weighted by molar-refractivity contribution is 0.550. The molecule has 0 unspecified atom stereocenters. The van der Waals surface area contributed by atoms with Gasteiger partial charge in [0, 0.05) is 6.20 Å². The summed E-state index contributed by atoms with van der Waals surface area (Å²) in [5, 5.41) is 15.7. The molecular weight excluding hydrogens is 349 g/mol. The van der Waals surface area contributed by atoms with Crippen molar-refractivity contribution in [2.45, 2.75) is 30.3 Å². The largest absolute Gasteiger partial charge is 0.276 e. The number of aromatic nitrogens is 6. The van der Waals surface area contributed by atoms with Crippen LogP contribution in [0.1, 0.15) is 24.7 Å². The van der Waals surface area contributed by atoms with Gasteiger partial charge in [-0.2, -0.15) is 5.10 Å². The smallest absolute Gasteiger partial charge is 0.264 e. The molecule has 9 nitrogen and oxygen atoms in total. The fourth-order valence-corrected chi connectivity index (χ4v) is 3.55. The van der Waals surface area contributed by atoms with Gasteiger partial charge in [0.1, 0.15) is 17.3 Å². The van der Waals surface area contributed by atoms with E-state index >= 15 is 0 Å². The van der Waals surface area contributed by atoms with Crippen molar-refractivity contribution in [3.63, 3.8) is 0 Å². The van der Waals surface area contributed by atoms with Crippen molar-refractivity contribution in [1.29, 1.82) is 0 Å². The number of hydrogen-bond donors (Lipinski definition) is 1. The van der Waals surface area contributed by atoms with E-state index in [2.05, 4.69) is 25.3 Å². The molecule has 0 aliphatic heterocycles. The maximum atomic E-state index is 13.7. The molecule has 130 valence electrons. The van der Waals surface area contributed by atoms with Gasteiger partial charge in [-0.25, -0.2) is 17.5 Å². The summed E-state index contributed by atoms with van der Waals surface area (Å²) >= 11 is 0. The molecule has 11 heteroatoms. The predicted molar refractivity (Wildman–Crippen MR) is 84.6 cm³/mol. The fraction of sp³-hybridized carbons (Fsp3) is 0.286. The van der Waals surface area contributed by atoms with Crippen molar-refractivity contribution >= 4 is 15.7 Å². The molecule has 1 saturated carbocycles. The average Bonchev–Trinajstić information content (AvgIpc) is 3.16. The van der Waals surface area contributed by atoms with Gasteiger partial charge in [-0.15, -0.1) is 5.10 Å². The second-order valence-corrected chi connectivity index (χ2v) is 7.38. The summed E-state index contributed by atoms with van der Waals surface area (Å²) in [6, 6.07) is 5.51. The molecule has 2 aromatic heterocycles. The Hall–Kier alpha value is -2.82. The minimum atomic E-state index is -4.03. The highest BCUT2D eigenvalue weighted by atomic mass is 32.2. The lowest BCUT2D eigenvalue weighted by atomic mass is 10.4. The highest BCUT2D eigenvalue weighted by Gasteiger charge is 2.28. The third-order valence-corrected chi connectivity index (χ3v) is 5.18. The van der Waals surface area contributed by atoms with Crippen LogP contribution in [0.3, 0.4) is 0 Å². The standard InChI is InChI=1S/C14H14FN7O2S/c15-12-3-1-2-4-13(12)25(23,24)18-10-7-16-21(8-10)9-14-17-19-20-22(14)11-5-6-11/h1-4,7-8,11,18H,5-6,9H2. The maximum absolute atomic E-state index is 13.7. The molecule has 0 atom stereocenters. The molecule has 1 aliphatic carbocycles. The number of hydrogen-bond acceptors (Lipinski definition) is 6. The van der Waals surface area contributed by atoms with Crippen LogP contribution in [0.5, 0.6) is 0 Å². The number of nitrogens with zero attached hydrogens (tertiary/aromatic N) is 6. The first-order valence-electron chi connectivity index (χ1n) is 7.59. The summed E-state index contributed by atoms with van der Waals surface area (Å²) in [5.74, 6) is -0.167. The van der Waals surface area contributed by atoms with Gasteiger partial charge >= 0.3 is 0 Å². The third-order valence-electron chi connectivity index (χ3n) is 3.77. The quantitative estimate of drug-likeness (QED) is 0.705. The first-order chi connectivity index (χ1) is 12.0. The lowest BCUT2D eigenvalue weighted by Gasteiger charge is -2.06. The van der Waals surface area contributed by atoms with Crippen molar-refractivity contribution in [3.05, 3.63) is 48.3 Å². The minimum absolute atomic E-state index is 0.230. The van der Waals surface area contributed by atoms with Crippen LogP contribution in [0.2, 0.25) is 0 Å². The van der Waals surface area contributed by atoms with Gasteiger partial charge < -0.3 is 0 Å². The Balaban J connectivity index is 1.51. The lowest BCUT2D eigenvalue weighted by Crippen LogP contribution is -2.14. The van der Waals surface area contributed by atoms with Crippen LogP contribution in [0.25, 0.3) is 0 Å². The fourth-order valence-electron chi connectivity index (χ4n) is 2.44. The summed E-state index contributed by atoms with van der Waals surface area (Å²) < 4.78 is 43.8. The van der Waals surface area contributed by atoms with Gasteiger partial charge in [0.2, 0.25) is 0 Å². The molecule has 0 amide bonds. The zero-order valence-corrected chi connectivity index (χ0v) is 13.8. The minimum Gasteiger partial charge on any atom is -0.276 e. The van der Waals surface area contributed by atoms with Crippen LogP contribution in [0.4, 0.5) is 10.1 Å². The van der Waals surface area contributed by atoms with E-state index in [0.717, 1.165) is 18.9 Å². The van der Waals surface area contributed by atoms with Crippen molar-refractivity contribution in [2.75, 3.05) is 4.72 Å². The molecule has 4 rings (SSSR count). The summed E-state index contributed by atoms with van der Waals surface area (Å²) in [4.78, 5) is -0.416. The Bertz CT molecular complexity index is 1010. The predicted octanol–water partition coefficient (Wildman–Crippen LogP) is 1.19. The van der Waals surface area contributed by atoms with Gasteiger partial charge in [-0.05, 0) is 35.4 Å². The van der Waals surface area contributed by atoms with Crippen molar-refractivity contribution in [2.24, 2.45) is 0 Å². The zero-order valence-electron chi connectivity index (χ0n) is 12.9. The molecule has 0 radical (unpaired) electrons. The number of halogens is 1. The van der Waals surface area contributed by atoms with Crippen LogP contribution in [0, 0.1) is 5.82 Å². The molecule has 0 saturated heterocycles. The van der Waals surface area contributed by atoms with E-state index in [1.807, 2.05) is 0 Å². The Morgan fingerprint density at radius 2 is 2.08 bits per heavy atom. The van der Waals surface area contributed by atoms with E-state index in [0.29, 0.717) is 18.4 Å². The third kappa shape index (κ3) is 3.22. The van der Waals surface area contributed by atoms with Crippen molar-refractivity contribution in [1.82, 2.24) is 30.0 Å². The Labute approximate surface area is 142 Å². The monoisotopic (exact) mass is 363 g/mol. The number of tetrazole rings is 1. The Kier molecular flexibility index (Phi) is 3.71. The molecule has 1 N–H and O–H groups in total. The van der Waals surface area contributed by atoms with E-state index in [-0.39, 0.29) is 5.69 Å². The summed E-state index contributed by atoms with van der Waals surface area (Å²) in [6.07, 6.45) is 4.95. The highest BCUT2D eigenvalue weighted by Crippen LogP contribution is 2.34. The van der Waals surface area contributed by atoms with Gasteiger partial charge in [0.15, 0.2) is 5.82 Å². The molecule has 0 spiro atoms. The number of anilines is 1. The molecule has 3 aromatic rings. The number of nitrogens with one attached hydrogen (secondary N) is 1. The second kappa shape index (κ2) is 5.92. The normalized spacial score (nSPS) is 14.6. The van der Waals surface area contributed by atoms with Gasteiger partial charge in [0.05, 0.1) is 17.9 Å². The highest BCUT2D eigenvalue weighted by molar-refractivity contribution is 7.92. The molecular formula is C14H14FN7O2S. The Morgan fingerprint density at radius 3 is 2.84 bits per heavy atom. The first-order valence-corrected chi connectivity index (χ1v) is 9.08. The first kappa shape index (κ1) is 15.7. The van der Waals surface area contributed by atoms with Gasteiger partial charge in [-0.3, -0.25) is 9.40 Å². The van der Waals surface area contributed by atoms with E-state index < -0.39 is 20.7 Å². The zero-order chi connectivity index (χ0) is 17.4. The van der Waals surface area contributed by atoms with Crippen LogP contribution < -0.4 is 4.72 Å². The van der Waals surface area contributed by atoms with Crippen LogP contribution in [0.15, 0.2) is 41.6 Å². The van der Waals surface area contributed by atoms with Gasteiger partial charge in [-0.1, -0.05) is 12.1 Å². The molecule has 25 heavy (non-hydrogen) atoms. The molecule has 1 aromatic carbocycles. The van der Waals surface area contributed by atoms with E-state index in [1.165, 1.54) is 35.3 Å². The van der Waals surface area contributed by atoms with Crippen molar-refractivity contribution in [3.8, 4) is 0 Å². The molecule has 1 aliphatic rings. The van der Waals surface area contributed by atoms with E-state index in [1.54, 1.807) is 4.68 Å². The maximum Gasteiger partial charge on any atom is 0.264 e. The molecule has 1 fully saturated rings. The SMILES string of the molecule is O=S(=O)(Nc1cnn(Cc2nnnn2C2CC2)c1)c1ccccc1F. The van der Waals surface area contributed by atoms with E-state index in [9.17, 15) is 12.8 Å². The van der Waals surface area contributed by atoms with Crippen LogP contribution in [-0.4, -0.2) is 38.4 Å². The van der Waals surface area contributed by atoms with E-state index in [4.69, 9.17) is 0 Å². The van der Waals surface area contributed by atoms with Crippen LogP contribution >= 0.6 is 0 Å². The summed E-state index contributed by atoms with van der Waals surface area (Å²) in [7, 11) is -4.03. The van der Waals surface area contributed by atoms with Crippen LogP contribution in [-0.2, 0) is 16.6 Å². The van der Waals surface area contributed by atoms with Gasteiger partial charge in [0.25, 0.3) is 10.0 Å². The average molecular weight is 363 g/mol. The summed E-state index contributed by atoms with van der Waals surface area (Å²) in [5.41, 5.74) is 0.230. The number of rotatable bonds is 6. The topological polar surface area (TPSA) is 108 Å². The number of benzene rings is 1. The molecule has 2 heterocycles.